The summed E-state index contributed by atoms with van der Waals surface area (Å²) in [7, 11) is 0. The fourth-order valence-electron chi connectivity index (χ4n) is 4.94. The predicted octanol–water partition coefficient (Wildman–Crippen LogP) is 6.93. The largest absolute Gasteiger partial charge is 0.416 e. The maximum absolute atomic E-state index is 13.1. The van der Waals surface area contributed by atoms with E-state index in [9.17, 15) is 22.8 Å². The number of hydrogen-bond acceptors (Lipinski definition) is 4. The Morgan fingerprint density at radius 3 is 2.48 bits per heavy atom. The predicted molar refractivity (Wildman–Crippen MR) is 154 cm³/mol. The first-order valence-corrected chi connectivity index (χ1v) is 13.2. The van der Waals surface area contributed by atoms with E-state index in [2.05, 4.69) is 15.6 Å². The molecule has 0 saturated carbocycles. The Balaban J connectivity index is 1.13. The van der Waals surface area contributed by atoms with Crippen LogP contribution in [0, 0.1) is 6.92 Å². The van der Waals surface area contributed by atoms with E-state index >= 15 is 0 Å². The summed E-state index contributed by atoms with van der Waals surface area (Å²) >= 11 is 6.40. The molecule has 1 N–H and O–H groups in total. The van der Waals surface area contributed by atoms with E-state index in [1.165, 1.54) is 23.0 Å². The number of aryl methyl sites for hydroxylation is 1. The fourth-order valence-corrected chi connectivity index (χ4v) is 5.26. The Morgan fingerprint density at radius 1 is 1.02 bits per heavy atom. The van der Waals surface area contributed by atoms with Crippen molar-refractivity contribution in [1.29, 1.82) is 0 Å². The zero-order valence-electron chi connectivity index (χ0n) is 22.0. The van der Waals surface area contributed by atoms with Gasteiger partial charge in [0.15, 0.2) is 0 Å². The fraction of sp³-hybridized carbons (Fsp3) is 0.0968. The van der Waals surface area contributed by atoms with Crippen molar-refractivity contribution in [3.05, 3.63) is 124 Å². The van der Waals surface area contributed by atoms with E-state index in [0.29, 0.717) is 28.9 Å². The lowest BCUT2D eigenvalue weighted by molar-refractivity contribution is -0.137. The first-order chi connectivity index (χ1) is 20.1. The number of nitrogens with zero attached hydrogens (tertiary/aromatic N) is 4. The first-order valence-electron chi connectivity index (χ1n) is 12.8. The second-order valence-electron chi connectivity index (χ2n) is 9.72. The molecular formula is C31H21ClF3N5O2. The van der Waals surface area contributed by atoms with Crippen LogP contribution in [0.1, 0.15) is 43.1 Å². The van der Waals surface area contributed by atoms with Gasteiger partial charge in [0, 0.05) is 16.5 Å². The van der Waals surface area contributed by atoms with Gasteiger partial charge in [-0.1, -0.05) is 54.1 Å². The number of benzene rings is 4. The molecule has 2 heterocycles. The molecule has 4 aromatic carbocycles. The van der Waals surface area contributed by atoms with Crippen molar-refractivity contribution >= 4 is 46.1 Å². The van der Waals surface area contributed by atoms with Crippen LogP contribution in [0.3, 0.4) is 0 Å². The average molecular weight is 588 g/mol. The molecule has 42 heavy (non-hydrogen) atoms. The van der Waals surface area contributed by atoms with Crippen LogP contribution in [0.4, 0.5) is 18.9 Å². The molecule has 0 saturated heterocycles. The minimum Gasteiger partial charge on any atom is -0.303 e. The van der Waals surface area contributed by atoms with Crippen LogP contribution in [0.15, 0.2) is 90.0 Å². The summed E-state index contributed by atoms with van der Waals surface area (Å²) < 4.78 is 40.6. The summed E-state index contributed by atoms with van der Waals surface area (Å²) in [6, 6.07) is 23.0. The van der Waals surface area contributed by atoms with Crippen molar-refractivity contribution in [2.75, 3.05) is 4.90 Å². The van der Waals surface area contributed by atoms with E-state index in [1.54, 1.807) is 36.1 Å². The lowest BCUT2D eigenvalue weighted by Gasteiger charge is -2.18. The molecule has 2 amide bonds. The van der Waals surface area contributed by atoms with Crippen molar-refractivity contribution in [3.8, 4) is 5.69 Å². The lowest BCUT2D eigenvalue weighted by atomic mass is 10.1. The molecule has 210 valence electrons. The number of carbonyl (C=O) groups excluding carboxylic acids is 2. The highest BCUT2D eigenvalue weighted by Gasteiger charge is 2.31. The summed E-state index contributed by atoms with van der Waals surface area (Å²) in [5.41, 5.74) is 5.21. The standard InChI is InChI=1S/C31H21ClF3N5O2/c1-18-25(28(32)40(38-18)23-8-4-7-22(15-23)31(33,34)35)16-36-37-29(41)21-13-11-19(12-14-21)17-39-26-10-3-6-20-5-2-9-24(27(20)26)30(39)42/h2-16H,17H2,1H3,(H,37,41). The molecule has 1 aliphatic heterocycles. The molecule has 0 bridgehead atoms. The zero-order chi connectivity index (χ0) is 29.6. The molecule has 6 rings (SSSR count). The number of carbonyl (C=O) groups is 2. The van der Waals surface area contributed by atoms with Gasteiger partial charge < -0.3 is 4.90 Å². The van der Waals surface area contributed by atoms with E-state index in [4.69, 9.17) is 11.6 Å². The summed E-state index contributed by atoms with van der Waals surface area (Å²) in [6.45, 7) is 1.97. The van der Waals surface area contributed by atoms with Crippen LogP contribution >= 0.6 is 11.6 Å². The molecule has 0 atom stereocenters. The Kier molecular flexibility index (Phi) is 6.78. The van der Waals surface area contributed by atoms with Gasteiger partial charge in [-0.3, -0.25) is 9.59 Å². The van der Waals surface area contributed by atoms with Crippen LogP contribution < -0.4 is 10.3 Å². The Morgan fingerprint density at radius 2 is 1.74 bits per heavy atom. The average Bonchev–Trinajstić information content (AvgIpc) is 3.42. The summed E-state index contributed by atoms with van der Waals surface area (Å²) in [4.78, 5) is 27.5. The number of halogens is 4. The molecule has 0 spiro atoms. The maximum Gasteiger partial charge on any atom is 0.416 e. The van der Waals surface area contributed by atoms with Gasteiger partial charge in [0.05, 0.1) is 41.0 Å². The van der Waals surface area contributed by atoms with Gasteiger partial charge in [-0.2, -0.15) is 23.4 Å². The highest BCUT2D eigenvalue weighted by molar-refractivity contribution is 6.32. The van der Waals surface area contributed by atoms with E-state index < -0.39 is 17.6 Å². The van der Waals surface area contributed by atoms with E-state index in [0.717, 1.165) is 34.2 Å². The van der Waals surface area contributed by atoms with Crippen LogP contribution in [0.5, 0.6) is 0 Å². The van der Waals surface area contributed by atoms with Gasteiger partial charge in [-0.05, 0) is 60.3 Å². The van der Waals surface area contributed by atoms with Gasteiger partial charge in [0.1, 0.15) is 5.15 Å². The number of rotatable bonds is 6. The molecule has 1 aromatic heterocycles. The van der Waals surface area contributed by atoms with Crippen molar-refractivity contribution in [1.82, 2.24) is 15.2 Å². The number of aromatic nitrogens is 2. The van der Waals surface area contributed by atoms with E-state index in [1.807, 2.05) is 36.4 Å². The van der Waals surface area contributed by atoms with Gasteiger partial charge in [0.2, 0.25) is 0 Å². The van der Waals surface area contributed by atoms with Gasteiger partial charge >= 0.3 is 6.18 Å². The SMILES string of the molecule is Cc1nn(-c2cccc(C(F)(F)F)c2)c(Cl)c1C=NNC(=O)c1ccc(CN2C(=O)c3cccc4cccc2c34)cc1. The molecule has 0 aliphatic carbocycles. The minimum absolute atomic E-state index is 0.0449. The number of hydrazone groups is 1. The van der Waals surface area contributed by atoms with Crippen LogP contribution in [0.2, 0.25) is 5.15 Å². The van der Waals surface area contributed by atoms with Gasteiger partial charge in [0.25, 0.3) is 11.8 Å². The molecule has 0 radical (unpaired) electrons. The molecule has 0 unspecified atom stereocenters. The first kappa shape index (κ1) is 27.2. The molecule has 5 aromatic rings. The summed E-state index contributed by atoms with van der Waals surface area (Å²) in [5.74, 6) is -0.547. The topological polar surface area (TPSA) is 79.6 Å². The molecule has 0 fully saturated rings. The third-order valence-electron chi connectivity index (χ3n) is 7.03. The maximum atomic E-state index is 13.1. The van der Waals surface area contributed by atoms with Crippen molar-refractivity contribution in [3.63, 3.8) is 0 Å². The monoisotopic (exact) mass is 587 g/mol. The second-order valence-corrected chi connectivity index (χ2v) is 10.1. The Labute approximate surface area is 242 Å². The third-order valence-corrected chi connectivity index (χ3v) is 7.40. The van der Waals surface area contributed by atoms with Gasteiger partial charge in [-0.25, -0.2) is 10.1 Å². The van der Waals surface area contributed by atoms with Gasteiger partial charge in [-0.15, -0.1) is 0 Å². The summed E-state index contributed by atoms with van der Waals surface area (Å²) in [5, 5.41) is 10.2. The normalized spacial score (nSPS) is 13.0. The summed E-state index contributed by atoms with van der Waals surface area (Å²) in [6.07, 6.45) is -3.22. The van der Waals surface area contributed by atoms with Crippen molar-refractivity contribution in [2.24, 2.45) is 5.10 Å². The highest BCUT2D eigenvalue weighted by Crippen LogP contribution is 2.38. The lowest BCUT2D eigenvalue weighted by Crippen LogP contribution is -2.26. The Bertz CT molecular complexity index is 1890. The van der Waals surface area contributed by atoms with Crippen LogP contribution in [-0.4, -0.2) is 27.8 Å². The number of hydrogen-bond donors (Lipinski definition) is 1. The Hall–Kier alpha value is -4.96. The van der Waals surface area contributed by atoms with Crippen molar-refractivity contribution < 1.29 is 22.8 Å². The number of alkyl halides is 3. The van der Waals surface area contributed by atoms with Crippen LogP contribution in [-0.2, 0) is 12.7 Å². The molecule has 1 aliphatic rings. The number of amides is 2. The third kappa shape index (κ3) is 4.90. The number of nitrogens with one attached hydrogen (secondary N) is 1. The minimum atomic E-state index is -4.51. The van der Waals surface area contributed by atoms with E-state index in [-0.39, 0.29) is 16.7 Å². The number of anilines is 1. The molecule has 11 heteroatoms. The quantitative estimate of drug-likeness (QED) is 0.173. The smallest absolute Gasteiger partial charge is 0.303 e. The second kappa shape index (κ2) is 10.5. The molecule has 7 nitrogen and oxygen atoms in total. The van der Waals surface area contributed by atoms with Crippen molar-refractivity contribution in [2.45, 2.75) is 19.6 Å². The highest BCUT2D eigenvalue weighted by atomic mass is 35.5. The van der Waals surface area contributed by atoms with Crippen LogP contribution in [0.25, 0.3) is 16.5 Å². The zero-order valence-corrected chi connectivity index (χ0v) is 22.7. The molecular weight excluding hydrogens is 567 g/mol.